The number of hydrogen-bond acceptors (Lipinski definition) is 7. The Labute approximate surface area is 143 Å². The number of ether oxygens (including phenoxy) is 2. The summed E-state index contributed by atoms with van der Waals surface area (Å²) in [6.45, 7) is 4.72. The molecule has 2 fully saturated rings. The third kappa shape index (κ3) is 2.84. The van der Waals surface area contributed by atoms with Gasteiger partial charge in [-0.1, -0.05) is 11.3 Å². The first-order chi connectivity index (χ1) is 11.7. The van der Waals surface area contributed by atoms with Crippen LogP contribution in [-0.4, -0.2) is 47.6 Å². The van der Waals surface area contributed by atoms with E-state index in [0.717, 1.165) is 36.1 Å². The van der Waals surface area contributed by atoms with Crippen LogP contribution in [0.25, 0.3) is 0 Å². The van der Waals surface area contributed by atoms with Crippen LogP contribution >= 0.6 is 11.3 Å². The number of fused-ring (bicyclic) bond motifs is 1. The summed E-state index contributed by atoms with van der Waals surface area (Å²) in [4.78, 5) is 6.23. The Balaban J connectivity index is 1.52. The maximum atomic E-state index is 13.8. The fraction of sp³-hybridized carbons (Fsp3) is 0.562. The highest BCUT2D eigenvalue weighted by molar-refractivity contribution is 7.15. The summed E-state index contributed by atoms with van der Waals surface area (Å²) in [6, 6.07) is 2.92. The summed E-state index contributed by atoms with van der Waals surface area (Å²) in [5, 5.41) is 10.3. The number of rotatable bonds is 4. The zero-order valence-electron chi connectivity index (χ0n) is 13.4. The molecule has 128 valence electrons. The van der Waals surface area contributed by atoms with Gasteiger partial charge < -0.3 is 14.4 Å². The van der Waals surface area contributed by atoms with Gasteiger partial charge in [0.05, 0.1) is 18.1 Å². The number of piperidine rings is 1. The van der Waals surface area contributed by atoms with Crippen LogP contribution in [0.2, 0.25) is 0 Å². The highest BCUT2D eigenvalue weighted by atomic mass is 32.1. The lowest BCUT2D eigenvalue weighted by molar-refractivity contribution is 0.00661. The third-order valence-corrected chi connectivity index (χ3v) is 5.68. The summed E-state index contributed by atoms with van der Waals surface area (Å²) in [5.41, 5.74) is -0.165. The van der Waals surface area contributed by atoms with E-state index in [9.17, 15) is 4.39 Å². The van der Waals surface area contributed by atoms with Crippen molar-refractivity contribution in [1.29, 1.82) is 0 Å². The zero-order valence-corrected chi connectivity index (χ0v) is 14.3. The maximum absolute atomic E-state index is 13.8. The number of pyridine rings is 1. The molecule has 0 N–H and O–H groups in total. The second-order valence-electron chi connectivity index (χ2n) is 6.36. The Morgan fingerprint density at radius 2 is 2.42 bits per heavy atom. The standard InChI is InChI=1S/C16H19FN4O2S/c1-11-19-20-15(24-11)21-7-4-13-16(9-21,5-8-22-13)10-23-14-12(17)3-2-6-18-14/h2-3,6,13H,4-5,7-10H2,1H3/t13-,16+/m1/s1. The molecule has 0 unspecified atom stereocenters. The lowest BCUT2D eigenvalue weighted by Gasteiger charge is -2.43. The van der Waals surface area contributed by atoms with Crippen molar-refractivity contribution in [2.75, 3.05) is 31.2 Å². The Hall–Kier alpha value is -1.80. The van der Waals surface area contributed by atoms with E-state index in [4.69, 9.17) is 9.47 Å². The maximum Gasteiger partial charge on any atom is 0.250 e. The predicted molar refractivity (Wildman–Crippen MR) is 88.0 cm³/mol. The molecular formula is C16H19FN4O2S. The van der Waals surface area contributed by atoms with Crippen LogP contribution in [-0.2, 0) is 4.74 Å². The number of hydrogen-bond donors (Lipinski definition) is 0. The SMILES string of the molecule is Cc1nnc(N2CC[C@H]3OCC[C@@]3(COc3ncccc3F)C2)s1. The minimum Gasteiger partial charge on any atom is -0.475 e. The van der Waals surface area contributed by atoms with Crippen LogP contribution in [0.1, 0.15) is 17.8 Å². The number of anilines is 1. The number of aryl methyl sites for hydroxylation is 1. The van der Waals surface area contributed by atoms with Crippen LogP contribution in [0.3, 0.4) is 0 Å². The van der Waals surface area contributed by atoms with Crippen molar-refractivity contribution in [3.05, 3.63) is 29.2 Å². The largest absolute Gasteiger partial charge is 0.475 e. The van der Waals surface area contributed by atoms with Crippen molar-refractivity contribution >= 4 is 16.5 Å². The van der Waals surface area contributed by atoms with Gasteiger partial charge in [-0.3, -0.25) is 0 Å². The number of halogens is 1. The van der Waals surface area contributed by atoms with Gasteiger partial charge in [0, 0.05) is 25.9 Å². The predicted octanol–water partition coefficient (Wildman–Crippen LogP) is 2.45. The van der Waals surface area contributed by atoms with E-state index in [2.05, 4.69) is 20.1 Å². The molecule has 0 amide bonds. The van der Waals surface area contributed by atoms with Crippen molar-refractivity contribution in [3.63, 3.8) is 0 Å². The van der Waals surface area contributed by atoms with Gasteiger partial charge in [0.2, 0.25) is 11.0 Å². The Morgan fingerprint density at radius 3 is 3.21 bits per heavy atom. The molecule has 2 atom stereocenters. The van der Waals surface area contributed by atoms with Crippen LogP contribution in [0.4, 0.5) is 9.52 Å². The van der Waals surface area contributed by atoms with E-state index >= 15 is 0 Å². The first-order valence-electron chi connectivity index (χ1n) is 8.06. The van der Waals surface area contributed by atoms with Crippen LogP contribution in [0.15, 0.2) is 18.3 Å². The van der Waals surface area contributed by atoms with E-state index in [1.54, 1.807) is 17.4 Å². The molecule has 4 heterocycles. The molecular weight excluding hydrogens is 331 g/mol. The quantitative estimate of drug-likeness (QED) is 0.844. The van der Waals surface area contributed by atoms with E-state index < -0.39 is 5.82 Å². The van der Waals surface area contributed by atoms with Gasteiger partial charge >= 0.3 is 0 Å². The topological polar surface area (TPSA) is 60.4 Å². The summed E-state index contributed by atoms with van der Waals surface area (Å²) < 4.78 is 25.4. The molecule has 0 spiro atoms. The molecule has 2 aliphatic rings. The van der Waals surface area contributed by atoms with Gasteiger partial charge in [-0.15, -0.1) is 10.2 Å². The van der Waals surface area contributed by atoms with Gasteiger partial charge in [0.15, 0.2) is 5.82 Å². The summed E-state index contributed by atoms with van der Waals surface area (Å²) in [5.74, 6) is -0.377. The first-order valence-corrected chi connectivity index (χ1v) is 8.88. The van der Waals surface area contributed by atoms with Crippen molar-refractivity contribution < 1.29 is 13.9 Å². The molecule has 2 aromatic rings. The summed E-state index contributed by atoms with van der Waals surface area (Å²) in [7, 11) is 0. The van der Waals surface area contributed by atoms with Crippen molar-refractivity contribution in [1.82, 2.24) is 15.2 Å². The normalized spacial score (nSPS) is 26.4. The van der Waals surface area contributed by atoms with Crippen LogP contribution in [0, 0.1) is 18.2 Å². The van der Waals surface area contributed by atoms with Gasteiger partial charge in [0.25, 0.3) is 0 Å². The van der Waals surface area contributed by atoms with E-state index in [1.807, 2.05) is 6.92 Å². The van der Waals surface area contributed by atoms with E-state index in [0.29, 0.717) is 13.2 Å². The molecule has 24 heavy (non-hydrogen) atoms. The van der Waals surface area contributed by atoms with Crippen LogP contribution in [0.5, 0.6) is 5.88 Å². The third-order valence-electron chi connectivity index (χ3n) is 4.78. The zero-order chi connectivity index (χ0) is 16.6. The lowest BCUT2D eigenvalue weighted by atomic mass is 9.77. The summed E-state index contributed by atoms with van der Waals surface area (Å²) >= 11 is 1.59. The molecule has 0 aliphatic carbocycles. The lowest BCUT2D eigenvalue weighted by Crippen LogP contribution is -2.52. The molecule has 0 aromatic carbocycles. The molecule has 0 radical (unpaired) electrons. The average Bonchev–Trinajstić information content (AvgIpc) is 3.20. The van der Waals surface area contributed by atoms with Crippen molar-refractivity contribution in [2.45, 2.75) is 25.9 Å². The first kappa shape index (κ1) is 15.7. The fourth-order valence-corrected chi connectivity index (χ4v) is 4.23. The Bertz CT molecular complexity index is 728. The summed E-state index contributed by atoms with van der Waals surface area (Å²) in [6.07, 6.45) is 3.47. The van der Waals surface area contributed by atoms with Crippen molar-refractivity contribution in [3.8, 4) is 5.88 Å². The Kier molecular flexibility index (Phi) is 4.09. The molecule has 4 rings (SSSR count). The molecule has 8 heteroatoms. The van der Waals surface area contributed by atoms with Gasteiger partial charge in [0.1, 0.15) is 5.01 Å². The number of nitrogens with zero attached hydrogens (tertiary/aromatic N) is 4. The second-order valence-corrected chi connectivity index (χ2v) is 7.52. The molecule has 0 bridgehead atoms. The molecule has 2 aromatic heterocycles. The number of aromatic nitrogens is 3. The molecule has 2 saturated heterocycles. The van der Waals surface area contributed by atoms with Gasteiger partial charge in [-0.25, -0.2) is 9.37 Å². The molecule has 0 saturated carbocycles. The smallest absolute Gasteiger partial charge is 0.250 e. The minimum absolute atomic E-state index is 0.0569. The second kappa shape index (κ2) is 6.25. The van der Waals surface area contributed by atoms with Gasteiger partial charge in [-0.2, -0.15) is 0 Å². The minimum atomic E-state index is -0.434. The monoisotopic (exact) mass is 350 g/mol. The van der Waals surface area contributed by atoms with E-state index in [-0.39, 0.29) is 17.4 Å². The van der Waals surface area contributed by atoms with Crippen molar-refractivity contribution in [2.24, 2.45) is 5.41 Å². The van der Waals surface area contributed by atoms with Crippen LogP contribution < -0.4 is 9.64 Å². The fourth-order valence-electron chi connectivity index (χ4n) is 3.52. The average molecular weight is 350 g/mol. The van der Waals surface area contributed by atoms with Gasteiger partial charge in [-0.05, 0) is 31.9 Å². The molecule has 2 aliphatic heterocycles. The highest BCUT2D eigenvalue weighted by Gasteiger charge is 2.49. The highest BCUT2D eigenvalue weighted by Crippen LogP contribution is 2.42. The van der Waals surface area contributed by atoms with E-state index in [1.165, 1.54) is 12.3 Å². The molecule has 6 nitrogen and oxygen atoms in total. The Morgan fingerprint density at radius 1 is 1.50 bits per heavy atom.